The number of ether oxygens (including phenoxy) is 1. The number of carboxylic acids is 1. The molecule has 0 radical (unpaired) electrons. The third kappa shape index (κ3) is 1.90. The van der Waals surface area contributed by atoms with E-state index in [4.69, 9.17) is 15.6 Å². The normalized spacial score (nSPS) is 26.3. The summed E-state index contributed by atoms with van der Waals surface area (Å²) in [5, 5.41) is 8.95. The van der Waals surface area contributed by atoms with Crippen LogP contribution in [0.25, 0.3) is 0 Å². The lowest BCUT2D eigenvalue weighted by atomic mass is 10.1. The van der Waals surface area contributed by atoms with Crippen LogP contribution in [0.3, 0.4) is 0 Å². The Balaban J connectivity index is 1.84. The number of nitrogen functional groups attached to an aromatic ring is 1. The van der Waals surface area contributed by atoms with E-state index >= 15 is 0 Å². The molecule has 0 aromatic heterocycles. The smallest absolute Gasteiger partial charge is 0.337 e. The third-order valence-corrected chi connectivity index (χ3v) is 3.67. The number of aromatic carboxylic acids is 1. The Kier molecular flexibility index (Phi) is 2.63. The zero-order valence-corrected chi connectivity index (χ0v) is 10.0. The van der Waals surface area contributed by atoms with Crippen LogP contribution in [0.15, 0.2) is 18.2 Å². The molecule has 0 amide bonds. The Hall–Kier alpha value is -1.75. The third-order valence-electron chi connectivity index (χ3n) is 3.67. The van der Waals surface area contributed by atoms with Crippen molar-refractivity contribution >= 4 is 17.3 Å². The number of benzene rings is 1. The minimum atomic E-state index is -0.985. The van der Waals surface area contributed by atoms with Crippen LogP contribution in [0.2, 0.25) is 0 Å². The molecule has 2 aliphatic heterocycles. The van der Waals surface area contributed by atoms with Gasteiger partial charge in [0.1, 0.15) is 0 Å². The van der Waals surface area contributed by atoms with Gasteiger partial charge >= 0.3 is 5.97 Å². The maximum atomic E-state index is 10.9. The molecular weight excluding hydrogens is 232 g/mol. The van der Waals surface area contributed by atoms with Crippen molar-refractivity contribution in [1.82, 2.24) is 0 Å². The Bertz CT molecular complexity index is 477. The Morgan fingerprint density at radius 2 is 2.00 bits per heavy atom. The van der Waals surface area contributed by atoms with Crippen LogP contribution in [0.5, 0.6) is 0 Å². The number of nitrogens with zero attached hydrogens (tertiary/aromatic N) is 1. The van der Waals surface area contributed by atoms with E-state index in [9.17, 15) is 4.79 Å². The molecule has 2 saturated heterocycles. The number of carbonyl (C=O) groups is 1. The van der Waals surface area contributed by atoms with Crippen molar-refractivity contribution in [2.45, 2.75) is 25.0 Å². The van der Waals surface area contributed by atoms with Crippen LogP contribution in [-0.2, 0) is 4.74 Å². The molecule has 2 aliphatic rings. The van der Waals surface area contributed by atoms with Crippen LogP contribution >= 0.6 is 0 Å². The highest BCUT2D eigenvalue weighted by Crippen LogP contribution is 2.31. The zero-order chi connectivity index (χ0) is 12.7. The molecule has 0 saturated carbocycles. The molecule has 2 bridgehead atoms. The lowest BCUT2D eigenvalue weighted by Gasteiger charge is -2.34. The van der Waals surface area contributed by atoms with Gasteiger partial charge in [0.15, 0.2) is 0 Å². The maximum absolute atomic E-state index is 10.9. The van der Waals surface area contributed by atoms with Gasteiger partial charge in [-0.1, -0.05) is 0 Å². The fraction of sp³-hybridized carbons (Fsp3) is 0.462. The molecule has 3 N–H and O–H groups in total. The van der Waals surface area contributed by atoms with Crippen LogP contribution in [0.4, 0.5) is 11.4 Å². The molecular formula is C13H16N2O3. The maximum Gasteiger partial charge on any atom is 0.337 e. The van der Waals surface area contributed by atoms with Crippen molar-refractivity contribution in [3.05, 3.63) is 23.8 Å². The summed E-state index contributed by atoms with van der Waals surface area (Å²) in [6.07, 6.45) is 2.85. The number of fused-ring (bicyclic) bond motifs is 2. The lowest BCUT2D eigenvalue weighted by Crippen LogP contribution is -2.42. The van der Waals surface area contributed by atoms with Crippen LogP contribution < -0.4 is 10.6 Å². The van der Waals surface area contributed by atoms with Gasteiger partial charge < -0.3 is 20.5 Å². The van der Waals surface area contributed by atoms with Gasteiger partial charge in [0.05, 0.1) is 17.8 Å². The monoisotopic (exact) mass is 248 g/mol. The summed E-state index contributed by atoms with van der Waals surface area (Å²) >= 11 is 0. The predicted molar refractivity (Wildman–Crippen MR) is 67.9 cm³/mol. The molecule has 18 heavy (non-hydrogen) atoms. The average molecular weight is 248 g/mol. The molecule has 0 aliphatic carbocycles. The van der Waals surface area contributed by atoms with Gasteiger partial charge in [-0.2, -0.15) is 0 Å². The first-order valence-corrected chi connectivity index (χ1v) is 6.16. The summed E-state index contributed by atoms with van der Waals surface area (Å²) in [5.41, 5.74) is 7.24. The number of anilines is 2. The summed E-state index contributed by atoms with van der Waals surface area (Å²) in [6, 6.07) is 5.14. The van der Waals surface area contributed by atoms with Crippen LogP contribution in [0, 0.1) is 0 Å². The van der Waals surface area contributed by atoms with E-state index in [0.717, 1.165) is 31.6 Å². The number of hydrogen-bond donors (Lipinski definition) is 2. The van der Waals surface area contributed by atoms with Crippen molar-refractivity contribution in [2.75, 3.05) is 23.7 Å². The van der Waals surface area contributed by atoms with E-state index in [1.54, 1.807) is 12.1 Å². The molecule has 0 spiro atoms. The number of hydrogen-bond acceptors (Lipinski definition) is 4. The first-order valence-electron chi connectivity index (χ1n) is 6.16. The highest BCUT2D eigenvalue weighted by Gasteiger charge is 2.33. The van der Waals surface area contributed by atoms with Gasteiger partial charge in [-0.15, -0.1) is 0 Å². The van der Waals surface area contributed by atoms with Gasteiger partial charge in [-0.05, 0) is 31.0 Å². The van der Waals surface area contributed by atoms with Crippen LogP contribution in [-0.4, -0.2) is 36.4 Å². The molecule has 2 atom stereocenters. The van der Waals surface area contributed by atoms with E-state index in [1.807, 2.05) is 6.07 Å². The van der Waals surface area contributed by atoms with E-state index in [2.05, 4.69) is 4.90 Å². The largest absolute Gasteiger partial charge is 0.478 e. The average Bonchev–Trinajstić information content (AvgIpc) is 2.67. The van der Waals surface area contributed by atoms with E-state index < -0.39 is 5.97 Å². The SMILES string of the molecule is Nc1cc(N2CC3CCC(C2)O3)ccc1C(=O)O. The second kappa shape index (κ2) is 4.17. The summed E-state index contributed by atoms with van der Waals surface area (Å²) in [6.45, 7) is 1.73. The molecule has 2 heterocycles. The minimum Gasteiger partial charge on any atom is -0.478 e. The molecule has 5 heteroatoms. The molecule has 5 nitrogen and oxygen atoms in total. The van der Waals surface area contributed by atoms with Gasteiger partial charge in [0, 0.05) is 24.5 Å². The summed E-state index contributed by atoms with van der Waals surface area (Å²) in [7, 11) is 0. The van der Waals surface area contributed by atoms with Crippen LogP contribution in [0.1, 0.15) is 23.2 Å². The van der Waals surface area contributed by atoms with Crippen molar-refractivity contribution in [3.63, 3.8) is 0 Å². The molecule has 96 valence electrons. The second-order valence-corrected chi connectivity index (χ2v) is 4.94. The highest BCUT2D eigenvalue weighted by atomic mass is 16.5. The Labute approximate surface area is 105 Å². The van der Waals surface area contributed by atoms with Crippen molar-refractivity contribution in [3.8, 4) is 0 Å². The Morgan fingerprint density at radius 1 is 1.33 bits per heavy atom. The molecule has 1 aromatic carbocycles. The molecule has 3 rings (SSSR count). The standard InChI is InChI=1S/C13H16N2O3/c14-12-5-8(1-4-11(12)13(16)17)15-6-9-2-3-10(7-15)18-9/h1,4-5,9-10H,2-3,6-7,14H2,(H,16,17). The minimum absolute atomic E-state index is 0.162. The van der Waals surface area contributed by atoms with Gasteiger partial charge in [0.2, 0.25) is 0 Å². The van der Waals surface area contributed by atoms with Crippen molar-refractivity contribution in [2.24, 2.45) is 0 Å². The van der Waals surface area contributed by atoms with Gasteiger partial charge in [-0.3, -0.25) is 0 Å². The predicted octanol–water partition coefficient (Wildman–Crippen LogP) is 1.33. The fourth-order valence-electron chi connectivity index (χ4n) is 2.77. The van der Waals surface area contributed by atoms with Crippen molar-refractivity contribution < 1.29 is 14.6 Å². The number of nitrogens with two attached hydrogens (primary N) is 1. The first kappa shape index (κ1) is 11.3. The Morgan fingerprint density at radius 3 is 2.56 bits per heavy atom. The highest BCUT2D eigenvalue weighted by molar-refractivity contribution is 5.94. The second-order valence-electron chi connectivity index (χ2n) is 4.94. The number of carboxylic acid groups (broad SMARTS) is 1. The summed E-state index contributed by atoms with van der Waals surface area (Å²) in [5.74, 6) is -0.985. The zero-order valence-electron chi connectivity index (χ0n) is 10.0. The number of rotatable bonds is 2. The first-order chi connectivity index (χ1) is 8.63. The van der Waals surface area contributed by atoms with E-state index in [1.165, 1.54) is 0 Å². The quantitative estimate of drug-likeness (QED) is 0.772. The molecule has 2 unspecified atom stereocenters. The fourth-order valence-corrected chi connectivity index (χ4v) is 2.77. The molecule has 2 fully saturated rings. The summed E-state index contributed by atoms with van der Waals surface area (Å²) < 4.78 is 5.77. The number of morpholine rings is 1. The molecule has 1 aromatic rings. The topological polar surface area (TPSA) is 75.8 Å². The van der Waals surface area contributed by atoms with Crippen molar-refractivity contribution in [1.29, 1.82) is 0 Å². The van der Waals surface area contributed by atoms with E-state index in [0.29, 0.717) is 17.9 Å². The van der Waals surface area contributed by atoms with Gasteiger partial charge in [-0.25, -0.2) is 4.79 Å². The summed E-state index contributed by atoms with van der Waals surface area (Å²) in [4.78, 5) is 13.1. The van der Waals surface area contributed by atoms with Gasteiger partial charge in [0.25, 0.3) is 0 Å². The lowest BCUT2D eigenvalue weighted by molar-refractivity contribution is 0.0305. The van der Waals surface area contributed by atoms with E-state index in [-0.39, 0.29) is 5.56 Å².